The lowest BCUT2D eigenvalue weighted by Crippen LogP contribution is -2.01. The molecule has 2 aromatic rings. The summed E-state index contributed by atoms with van der Waals surface area (Å²) in [6.07, 6.45) is 5.20. The molecule has 0 aliphatic carbocycles. The molecule has 0 fully saturated rings. The molecule has 2 nitrogen and oxygen atoms in total. The molecule has 2 aromatic carbocycles. The van der Waals surface area contributed by atoms with Crippen LogP contribution >= 0.6 is 31.9 Å². The summed E-state index contributed by atoms with van der Waals surface area (Å²) in [5.41, 5.74) is 2.23. The molecule has 0 spiro atoms. The maximum atomic E-state index is 5.48. The Kier molecular flexibility index (Phi) is 5.51. The fourth-order valence-corrected chi connectivity index (χ4v) is 3.24. The second-order valence-electron chi connectivity index (χ2n) is 4.10. The molecule has 0 heterocycles. The SMILES string of the molecule is C#CCOc1c(Br)cc(CNc2ccccc2)cc1Br. The van der Waals surface area contributed by atoms with E-state index in [0.717, 1.165) is 32.5 Å². The molecule has 1 N–H and O–H groups in total. The molecule has 0 aliphatic rings. The minimum atomic E-state index is 0.249. The molecule has 0 unspecified atom stereocenters. The van der Waals surface area contributed by atoms with E-state index >= 15 is 0 Å². The van der Waals surface area contributed by atoms with E-state index in [9.17, 15) is 0 Å². The van der Waals surface area contributed by atoms with E-state index in [0.29, 0.717) is 0 Å². The number of halogens is 2. The summed E-state index contributed by atoms with van der Waals surface area (Å²) in [7, 11) is 0. The van der Waals surface area contributed by atoms with Crippen LogP contribution in [0.2, 0.25) is 0 Å². The third-order valence-corrected chi connectivity index (χ3v) is 3.81. The minimum absolute atomic E-state index is 0.249. The van der Waals surface area contributed by atoms with Gasteiger partial charge in [0.15, 0.2) is 0 Å². The van der Waals surface area contributed by atoms with Crippen molar-refractivity contribution in [3.8, 4) is 18.1 Å². The Balaban J connectivity index is 2.08. The van der Waals surface area contributed by atoms with Crippen molar-refractivity contribution >= 4 is 37.5 Å². The van der Waals surface area contributed by atoms with Crippen molar-refractivity contribution in [2.24, 2.45) is 0 Å². The van der Waals surface area contributed by atoms with E-state index in [-0.39, 0.29) is 6.61 Å². The zero-order valence-corrected chi connectivity index (χ0v) is 13.9. The number of ether oxygens (including phenoxy) is 1. The summed E-state index contributed by atoms with van der Waals surface area (Å²) in [6.45, 7) is 0.982. The zero-order chi connectivity index (χ0) is 14.4. The highest BCUT2D eigenvalue weighted by Gasteiger charge is 2.08. The summed E-state index contributed by atoms with van der Waals surface area (Å²) in [5.74, 6) is 3.18. The fourth-order valence-electron chi connectivity index (χ4n) is 1.73. The van der Waals surface area contributed by atoms with E-state index in [4.69, 9.17) is 11.2 Å². The normalized spacial score (nSPS) is 9.85. The van der Waals surface area contributed by atoms with Gasteiger partial charge in [-0.1, -0.05) is 24.1 Å². The average Bonchev–Trinajstić information content (AvgIpc) is 2.45. The summed E-state index contributed by atoms with van der Waals surface area (Å²) in [4.78, 5) is 0. The van der Waals surface area contributed by atoms with Gasteiger partial charge in [0.1, 0.15) is 12.4 Å². The first-order valence-electron chi connectivity index (χ1n) is 6.04. The maximum Gasteiger partial charge on any atom is 0.149 e. The minimum Gasteiger partial charge on any atom is -0.479 e. The van der Waals surface area contributed by atoms with Crippen molar-refractivity contribution in [3.05, 3.63) is 57.0 Å². The molecule has 0 aromatic heterocycles. The van der Waals surface area contributed by atoms with Crippen LogP contribution in [-0.4, -0.2) is 6.61 Å². The number of hydrogen-bond acceptors (Lipinski definition) is 2. The third kappa shape index (κ3) is 4.03. The number of hydrogen-bond donors (Lipinski definition) is 1. The first-order chi connectivity index (χ1) is 9.70. The Morgan fingerprint density at radius 1 is 1.10 bits per heavy atom. The van der Waals surface area contributed by atoms with Crippen LogP contribution in [0.25, 0.3) is 0 Å². The fraction of sp³-hybridized carbons (Fsp3) is 0.125. The van der Waals surface area contributed by atoms with Crippen LogP contribution in [0.1, 0.15) is 5.56 Å². The number of nitrogens with one attached hydrogen (secondary N) is 1. The number of rotatable bonds is 5. The Bertz CT molecular complexity index is 597. The average molecular weight is 395 g/mol. The summed E-state index contributed by atoms with van der Waals surface area (Å²) < 4.78 is 7.25. The van der Waals surface area contributed by atoms with E-state index in [1.165, 1.54) is 0 Å². The van der Waals surface area contributed by atoms with Gasteiger partial charge in [-0.3, -0.25) is 0 Å². The van der Waals surface area contributed by atoms with Gasteiger partial charge in [-0.2, -0.15) is 0 Å². The lowest BCUT2D eigenvalue weighted by molar-refractivity contribution is 0.365. The van der Waals surface area contributed by atoms with Crippen LogP contribution in [-0.2, 0) is 6.54 Å². The van der Waals surface area contributed by atoms with Crippen molar-refractivity contribution < 1.29 is 4.74 Å². The third-order valence-electron chi connectivity index (χ3n) is 2.63. The van der Waals surface area contributed by atoms with Crippen LogP contribution in [0, 0.1) is 12.3 Å². The largest absolute Gasteiger partial charge is 0.479 e. The second kappa shape index (κ2) is 7.37. The zero-order valence-electron chi connectivity index (χ0n) is 10.7. The first-order valence-corrected chi connectivity index (χ1v) is 7.62. The lowest BCUT2D eigenvalue weighted by Gasteiger charge is -2.11. The van der Waals surface area contributed by atoms with E-state index < -0.39 is 0 Å². The summed E-state index contributed by atoms with van der Waals surface area (Å²) >= 11 is 7.01. The number of terminal acetylenes is 1. The quantitative estimate of drug-likeness (QED) is 0.733. The molecule has 2 rings (SSSR count). The molecule has 0 amide bonds. The Morgan fingerprint density at radius 2 is 1.75 bits per heavy atom. The molecule has 20 heavy (non-hydrogen) atoms. The van der Waals surface area contributed by atoms with Crippen LogP contribution in [0.15, 0.2) is 51.4 Å². The Hall–Kier alpha value is -1.44. The van der Waals surface area contributed by atoms with Gasteiger partial charge in [0.2, 0.25) is 0 Å². The molecule has 4 heteroatoms. The summed E-state index contributed by atoms with van der Waals surface area (Å²) in [5, 5.41) is 3.36. The molecule has 102 valence electrons. The van der Waals surface area contributed by atoms with E-state index in [1.54, 1.807) is 0 Å². The van der Waals surface area contributed by atoms with Gasteiger partial charge < -0.3 is 10.1 Å². The van der Waals surface area contributed by atoms with Crippen molar-refractivity contribution in [3.63, 3.8) is 0 Å². The molecular formula is C16H13Br2NO. The number of benzene rings is 2. The molecule has 0 saturated heterocycles. The van der Waals surface area contributed by atoms with Crippen LogP contribution in [0.3, 0.4) is 0 Å². The maximum absolute atomic E-state index is 5.48. The van der Waals surface area contributed by atoms with Crippen molar-refractivity contribution in [1.29, 1.82) is 0 Å². The molecule has 0 atom stereocenters. The van der Waals surface area contributed by atoms with Crippen molar-refractivity contribution in [2.75, 3.05) is 11.9 Å². The van der Waals surface area contributed by atoms with Crippen molar-refractivity contribution in [1.82, 2.24) is 0 Å². The van der Waals surface area contributed by atoms with Gasteiger partial charge in [0.25, 0.3) is 0 Å². The molecule has 0 aliphatic heterocycles. The number of para-hydroxylation sites is 1. The molecule has 0 bridgehead atoms. The molecule has 0 saturated carbocycles. The van der Waals surface area contributed by atoms with Crippen LogP contribution < -0.4 is 10.1 Å². The van der Waals surface area contributed by atoms with Gasteiger partial charge in [0.05, 0.1) is 8.95 Å². The van der Waals surface area contributed by atoms with Gasteiger partial charge in [0, 0.05) is 12.2 Å². The van der Waals surface area contributed by atoms with E-state index in [1.807, 2.05) is 42.5 Å². The standard InChI is InChI=1S/C16H13Br2NO/c1-2-8-20-16-14(17)9-12(10-15(16)18)11-19-13-6-4-3-5-7-13/h1,3-7,9-10,19H,8,11H2. The first kappa shape index (κ1) is 15.0. The second-order valence-corrected chi connectivity index (χ2v) is 5.81. The monoisotopic (exact) mass is 393 g/mol. The highest BCUT2D eigenvalue weighted by atomic mass is 79.9. The van der Waals surface area contributed by atoms with Crippen LogP contribution in [0.5, 0.6) is 5.75 Å². The Labute approximate surface area is 135 Å². The molecular weight excluding hydrogens is 382 g/mol. The van der Waals surface area contributed by atoms with E-state index in [2.05, 4.69) is 43.1 Å². The molecule has 0 radical (unpaired) electrons. The lowest BCUT2D eigenvalue weighted by atomic mass is 10.2. The summed E-state index contributed by atoms with van der Waals surface area (Å²) in [6, 6.07) is 14.1. The number of anilines is 1. The van der Waals surface area contributed by atoms with Crippen LogP contribution in [0.4, 0.5) is 5.69 Å². The smallest absolute Gasteiger partial charge is 0.149 e. The van der Waals surface area contributed by atoms with Crippen molar-refractivity contribution in [2.45, 2.75) is 6.54 Å². The van der Waals surface area contributed by atoms with Gasteiger partial charge in [-0.05, 0) is 61.7 Å². The predicted octanol–water partition coefficient (Wildman–Crippen LogP) is 4.84. The van der Waals surface area contributed by atoms with Gasteiger partial charge in [-0.25, -0.2) is 0 Å². The van der Waals surface area contributed by atoms with Gasteiger partial charge >= 0.3 is 0 Å². The Morgan fingerprint density at radius 3 is 2.35 bits per heavy atom. The highest BCUT2D eigenvalue weighted by Crippen LogP contribution is 2.34. The van der Waals surface area contributed by atoms with Gasteiger partial charge in [-0.15, -0.1) is 6.42 Å². The highest BCUT2D eigenvalue weighted by molar-refractivity contribution is 9.11. The predicted molar refractivity (Wildman–Crippen MR) is 89.9 cm³/mol. The topological polar surface area (TPSA) is 21.3 Å².